The van der Waals surface area contributed by atoms with Crippen LogP contribution in [0.5, 0.6) is 0 Å². The molecule has 0 unspecified atom stereocenters. The van der Waals surface area contributed by atoms with E-state index in [0.29, 0.717) is 11.3 Å². The summed E-state index contributed by atoms with van der Waals surface area (Å²) in [6.45, 7) is 1.62. The molecule has 0 saturated heterocycles. The summed E-state index contributed by atoms with van der Waals surface area (Å²) in [4.78, 5) is 22.3. The second-order valence-electron chi connectivity index (χ2n) is 5.30. The van der Waals surface area contributed by atoms with Gasteiger partial charge in [0.15, 0.2) is 6.10 Å². The van der Waals surface area contributed by atoms with Gasteiger partial charge in [-0.05, 0) is 31.2 Å². The molecule has 25 heavy (non-hydrogen) atoms. The molecule has 3 rings (SSSR count). The lowest BCUT2D eigenvalue weighted by atomic mass is 10.2. The van der Waals surface area contributed by atoms with Crippen LogP contribution >= 0.6 is 0 Å². The smallest absolute Gasteiger partial charge is 0.355 e. The third-order valence-corrected chi connectivity index (χ3v) is 3.55. The van der Waals surface area contributed by atoms with Gasteiger partial charge < -0.3 is 13.7 Å². The average Bonchev–Trinajstić information content (AvgIpc) is 3.24. The zero-order valence-corrected chi connectivity index (χ0v) is 13.4. The molecule has 9 nitrogen and oxygen atoms in total. The first-order valence-electron chi connectivity index (χ1n) is 7.36. The number of carbonyl (C=O) groups excluding carboxylic acids is 1. The molecular formula is C16H14N4O5. The summed E-state index contributed by atoms with van der Waals surface area (Å²) in [6.07, 6.45) is 1.00. The molecule has 0 radical (unpaired) electrons. The number of rotatable bonds is 5. The van der Waals surface area contributed by atoms with E-state index in [4.69, 9.17) is 9.15 Å². The molecule has 1 atom stereocenters. The van der Waals surface area contributed by atoms with Gasteiger partial charge in [-0.25, -0.2) is 4.79 Å². The Morgan fingerprint density at radius 1 is 1.28 bits per heavy atom. The van der Waals surface area contributed by atoms with E-state index < -0.39 is 17.0 Å². The van der Waals surface area contributed by atoms with Crippen LogP contribution in [0.4, 0.5) is 5.69 Å². The Bertz CT molecular complexity index is 913. The van der Waals surface area contributed by atoms with Gasteiger partial charge in [-0.15, -0.1) is 10.2 Å². The first-order valence-corrected chi connectivity index (χ1v) is 7.36. The molecule has 0 spiro atoms. The van der Waals surface area contributed by atoms with Crippen molar-refractivity contribution in [1.29, 1.82) is 0 Å². The monoisotopic (exact) mass is 342 g/mol. The number of esters is 1. The quantitative estimate of drug-likeness (QED) is 0.398. The van der Waals surface area contributed by atoms with Crippen molar-refractivity contribution in [2.24, 2.45) is 7.05 Å². The number of aromatic nitrogens is 3. The maximum atomic E-state index is 12.1. The van der Waals surface area contributed by atoms with Gasteiger partial charge in [0.05, 0.1) is 4.92 Å². The molecular weight excluding hydrogens is 328 g/mol. The summed E-state index contributed by atoms with van der Waals surface area (Å²) in [5, 5.41) is 18.4. The number of nitrogens with zero attached hydrogens (tertiary/aromatic N) is 4. The predicted molar refractivity (Wildman–Crippen MR) is 85.6 cm³/mol. The number of hydrogen-bond acceptors (Lipinski definition) is 7. The number of non-ortho nitro benzene ring substituents is 1. The van der Waals surface area contributed by atoms with Crippen molar-refractivity contribution in [2.45, 2.75) is 13.0 Å². The summed E-state index contributed by atoms with van der Waals surface area (Å²) in [6, 6.07) is 9.09. The molecule has 0 fully saturated rings. The summed E-state index contributed by atoms with van der Waals surface area (Å²) >= 11 is 0. The zero-order chi connectivity index (χ0) is 18.0. The van der Waals surface area contributed by atoms with Crippen LogP contribution in [0.3, 0.4) is 0 Å². The lowest BCUT2D eigenvalue weighted by Gasteiger charge is -2.09. The largest absolute Gasteiger partial charge is 0.448 e. The topological polar surface area (TPSA) is 113 Å². The first-order chi connectivity index (χ1) is 12.0. The summed E-state index contributed by atoms with van der Waals surface area (Å²) in [5.41, 5.74) is 0.903. The molecule has 2 aromatic heterocycles. The van der Waals surface area contributed by atoms with Crippen LogP contribution < -0.4 is 0 Å². The Labute approximate surface area is 142 Å². The summed E-state index contributed by atoms with van der Waals surface area (Å²) in [7, 11) is 1.74. The van der Waals surface area contributed by atoms with Gasteiger partial charge in [-0.1, -0.05) is 0 Å². The van der Waals surface area contributed by atoms with Gasteiger partial charge in [0, 0.05) is 30.9 Å². The van der Waals surface area contributed by atoms with Crippen LogP contribution in [0.25, 0.3) is 11.5 Å². The van der Waals surface area contributed by atoms with Crippen LogP contribution in [0, 0.1) is 10.1 Å². The lowest BCUT2D eigenvalue weighted by molar-refractivity contribution is -0.384. The highest BCUT2D eigenvalue weighted by atomic mass is 16.6. The van der Waals surface area contributed by atoms with Crippen molar-refractivity contribution in [2.75, 3.05) is 0 Å². The minimum absolute atomic E-state index is 0.0339. The Kier molecular flexibility index (Phi) is 4.29. The third kappa shape index (κ3) is 3.39. The van der Waals surface area contributed by atoms with E-state index in [-0.39, 0.29) is 17.5 Å². The van der Waals surface area contributed by atoms with Crippen molar-refractivity contribution in [3.05, 3.63) is 64.3 Å². The number of nitro groups is 1. The van der Waals surface area contributed by atoms with Crippen molar-refractivity contribution >= 4 is 11.7 Å². The van der Waals surface area contributed by atoms with Crippen molar-refractivity contribution in [1.82, 2.24) is 14.8 Å². The number of benzene rings is 1. The van der Waals surface area contributed by atoms with E-state index in [9.17, 15) is 14.9 Å². The number of nitro benzene ring substituents is 1. The number of aryl methyl sites for hydroxylation is 1. The normalized spacial score (nSPS) is 11.9. The molecule has 0 bridgehead atoms. The standard InChI is InChI=1S/C16H14N4O5/c1-10(24-16(21)13-4-3-9-19(13)2)14-17-18-15(25-14)11-5-7-12(8-6-11)20(22)23/h3-10H,1-2H3/t10-/m0/s1. The van der Waals surface area contributed by atoms with Crippen LogP contribution in [-0.2, 0) is 11.8 Å². The van der Waals surface area contributed by atoms with Crippen molar-refractivity contribution in [3.8, 4) is 11.5 Å². The van der Waals surface area contributed by atoms with Crippen LogP contribution in [-0.4, -0.2) is 25.7 Å². The van der Waals surface area contributed by atoms with E-state index in [1.807, 2.05) is 0 Å². The second kappa shape index (κ2) is 6.56. The Morgan fingerprint density at radius 3 is 2.60 bits per heavy atom. The SMILES string of the molecule is C[C@H](OC(=O)c1cccn1C)c1nnc(-c2ccc([N+](=O)[O-])cc2)o1. The summed E-state index contributed by atoms with van der Waals surface area (Å²) < 4.78 is 12.5. The highest BCUT2D eigenvalue weighted by molar-refractivity contribution is 5.87. The second-order valence-corrected chi connectivity index (χ2v) is 5.30. The van der Waals surface area contributed by atoms with Gasteiger partial charge >= 0.3 is 5.97 Å². The van der Waals surface area contributed by atoms with Gasteiger partial charge in [0.1, 0.15) is 5.69 Å². The molecule has 128 valence electrons. The first kappa shape index (κ1) is 16.4. The Morgan fingerprint density at radius 2 is 2.00 bits per heavy atom. The van der Waals surface area contributed by atoms with Crippen molar-refractivity contribution in [3.63, 3.8) is 0 Å². The fourth-order valence-electron chi connectivity index (χ4n) is 2.19. The molecule has 3 aromatic rings. The maximum absolute atomic E-state index is 12.1. The Balaban J connectivity index is 1.73. The molecule has 1 aromatic carbocycles. The molecule has 0 aliphatic carbocycles. The predicted octanol–water partition coefficient (Wildman–Crippen LogP) is 2.90. The molecule has 0 saturated carbocycles. The van der Waals surface area contributed by atoms with E-state index >= 15 is 0 Å². The Hall–Kier alpha value is -3.49. The lowest BCUT2D eigenvalue weighted by Crippen LogP contribution is -2.12. The van der Waals surface area contributed by atoms with Gasteiger partial charge in [0.2, 0.25) is 5.89 Å². The minimum atomic E-state index is -0.735. The average molecular weight is 342 g/mol. The fraction of sp³-hybridized carbons (Fsp3) is 0.188. The summed E-state index contributed by atoms with van der Waals surface area (Å²) in [5.74, 6) is -0.183. The van der Waals surface area contributed by atoms with Gasteiger partial charge in [0.25, 0.3) is 11.6 Å². The molecule has 2 heterocycles. The molecule has 9 heteroatoms. The maximum Gasteiger partial charge on any atom is 0.355 e. The molecule has 0 amide bonds. The number of ether oxygens (including phenoxy) is 1. The van der Waals surface area contributed by atoms with Gasteiger partial charge in [-0.3, -0.25) is 10.1 Å². The van der Waals surface area contributed by atoms with E-state index in [1.54, 1.807) is 36.9 Å². The highest BCUT2D eigenvalue weighted by Crippen LogP contribution is 2.24. The zero-order valence-electron chi connectivity index (χ0n) is 13.4. The third-order valence-electron chi connectivity index (χ3n) is 3.55. The van der Waals surface area contributed by atoms with Crippen molar-refractivity contribution < 1.29 is 18.9 Å². The van der Waals surface area contributed by atoms with Crippen LogP contribution in [0.2, 0.25) is 0 Å². The molecule has 0 aliphatic rings. The molecule has 0 N–H and O–H groups in total. The molecule has 0 aliphatic heterocycles. The van der Waals surface area contributed by atoms with E-state index in [2.05, 4.69) is 10.2 Å². The van der Waals surface area contributed by atoms with Gasteiger partial charge in [-0.2, -0.15) is 0 Å². The minimum Gasteiger partial charge on any atom is -0.448 e. The van der Waals surface area contributed by atoms with E-state index in [0.717, 1.165) is 0 Å². The van der Waals surface area contributed by atoms with E-state index in [1.165, 1.54) is 24.3 Å². The van der Waals surface area contributed by atoms with Crippen LogP contribution in [0.15, 0.2) is 47.0 Å². The fourth-order valence-corrected chi connectivity index (χ4v) is 2.19. The van der Waals surface area contributed by atoms with Crippen LogP contribution in [0.1, 0.15) is 29.4 Å². The number of carbonyl (C=O) groups is 1. The number of hydrogen-bond donors (Lipinski definition) is 0. The highest BCUT2D eigenvalue weighted by Gasteiger charge is 2.21.